The molecule has 13 heavy (non-hydrogen) atoms. The van der Waals surface area contributed by atoms with Crippen LogP contribution in [-0.4, -0.2) is 5.75 Å². The Morgan fingerprint density at radius 3 is 2.69 bits per heavy atom. The number of anilines is 2. The number of rotatable bonds is 3. The second-order valence-corrected chi connectivity index (χ2v) is 3.87. The van der Waals surface area contributed by atoms with E-state index in [2.05, 4.69) is 0 Å². The minimum atomic E-state index is -0.390. The molecule has 0 radical (unpaired) electrons. The standard InChI is InChI=1S/C9H13FN2S/c1-2-5-13-7-4-3-6(11)9(12)8(7)10/h3-4H,2,5,11-12H2,1H3. The van der Waals surface area contributed by atoms with Gasteiger partial charge < -0.3 is 11.5 Å². The van der Waals surface area contributed by atoms with Crippen LogP contribution in [0.15, 0.2) is 17.0 Å². The normalized spacial score (nSPS) is 10.3. The monoisotopic (exact) mass is 200 g/mol. The van der Waals surface area contributed by atoms with Crippen molar-refractivity contribution >= 4 is 23.1 Å². The quantitative estimate of drug-likeness (QED) is 0.582. The maximum atomic E-state index is 13.4. The molecule has 0 aromatic heterocycles. The van der Waals surface area contributed by atoms with E-state index in [0.29, 0.717) is 10.6 Å². The van der Waals surface area contributed by atoms with Gasteiger partial charge in [-0.2, -0.15) is 0 Å². The summed E-state index contributed by atoms with van der Waals surface area (Å²) >= 11 is 1.46. The number of halogens is 1. The average molecular weight is 200 g/mol. The molecule has 0 amide bonds. The van der Waals surface area contributed by atoms with E-state index in [1.54, 1.807) is 12.1 Å². The Balaban J connectivity index is 2.90. The molecule has 0 bridgehead atoms. The van der Waals surface area contributed by atoms with Gasteiger partial charge in [-0.15, -0.1) is 11.8 Å². The summed E-state index contributed by atoms with van der Waals surface area (Å²) in [4.78, 5) is 0.577. The van der Waals surface area contributed by atoms with Gasteiger partial charge in [0.2, 0.25) is 0 Å². The van der Waals surface area contributed by atoms with E-state index in [-0.39, 0.29) is 5.69 Å². The lowest BCUT2D eigenvalue weighted by Crippen LogP contribution is -1.99. The van der Waals surface area contributed by atoms with Crippen LogP contribution in [0.4, 0.5) is 15.8 Å². The van der Waals surface area contributed by atoms with Gasteiger partial charge in [0.15, 0.2) is 5.82 Å². The fourth-order valence-corrected chi connectivity index (χ4v) is 1.74. The number of hydrogen-bond acceptors (Lipinski definition) is 3. The number of thioether (sulfide) groups is 1. The van der Waals surface area contributed by atoms with Crippen molar-refractivity contribution in [1.82, 2.24) is 0 Å². The molecule has 4 N–H and O–H groups in total. The predicted molar refractivity (Wildman–Crippen MR) is 56.2 cm³/mol. The van der Waals surface area contributed by atoms with Crippen molar-refractivity contribution in [2.75, 3.05) is 17.2 Å². The molecule has 2 nitrogen and oxygen atoms in total. The van der Waals surface area contributed by atoms with E-state index in [0.717, 1.165) is 12.2 Å². The van der Waals surface area contributed by atoms with Gasteiger partial charge in [0.05, 0.1) is 11.4 Å². The predicted octanol–water partition coefficient (Wildman–Crippen LogP) is 2.49. The number of nitrogen functional groups attached to an aromatic ring is 2. The molecule has 0 saturated heterocycles. The molecular weight excluding hydrogens is 187 g/mol. The Kier molecular flexibility index (Phi) is 3.42. The van der Waals surface area contributed by atoms with Crippen LogP contribution in [0.2, 0.25) is 0 Å². The Morgan fingerprint density at radius 1 is 1.38 bits per heavy atom. The lowest BCUT2D eigenvalue weighted by atomic mass is 10.2. The summed E-state index contributed by atoms with van der Waals surface area (Å²) in [5, 5.41) is 0. The summed E-state index contributed by atoms with van der Waals surface area (Å²) in [5.41, 5.74) is 11.2. The van der Waals surface area contributed by atoms with Crippen molar-refractivity contribution in [3.05, 3.63) is 17.9 Å². The minimum absolute atomic E-state index is 0.0566. The third kappa shape index (κ3) is 2.28. The van der Waals surface area contributed by atoms with Crippen molar-refractivity contribution in [1.29, 1.82) is 0 Å². The zero-order valence-electron chi connectivity index (χ0n) is 7.51. The topological polar surface area (TPSA) is 52.0 Å². The summed E-state index contributed by atoms with van der Waals surface area (Å²) in [6, 6.07) is 3.30. The van der Waals surface area contributed by atoms with Gasteiger partial charge in [0.25, 0.3) is 0 Å². The smallest absolute Gasteiger partial charge is 0.161 e. The van der Waals surface area contributed by atoms with E-state index >= 15 is 0 Å². The van der Waals surface area contributed by atoms with Crippen LogP contribution >= 0.6 is 11.8 Å². The largest absolute Gasteiger partial charge is 0.397 e. The Hall–Kier alpha value is -0.900. The van der Waals surface area contributed by atoms with Gasteiger partial charge >= 0.3 is 0 Å². The van der Waals surface area contributed by atoms with Crippen LogP contribution < -0.4 is 11.5 Å². The third-order valence-electron chi connectivity index (χ3n) is 1.64. The zero-order valence-corrected chi connectivity index (χ0v) is 8.33. The van der Waals surface area contributed by atoms with Crippen molar-refractivity contribution < 1.29 is 4.39 Å². The molecule has 1 aromatic carbocycles. The van der Waals surface area contributed by atoms with E-state index in [9.17, 15) is 4.39 Å². The first-order chi connectivity index (χ1) is 6.16. The highest BCUT2D eigenvalue weighted by molar-refractivity contribution is 7.99. The Morgan fingerprint density at radius 2 is 2.08 bits per heavy atom. The first kappa shape index (κ1) is 10.2. The molecule has 0 aliphatic carbocycles. The molecule has 0 atom stereocenters. The number of nitrogens with two attached hydrogens (primary N) is 2. The fourth-order valence-electron chi connectivity index (χ4n) is 0.911. The molecule has 0 aliphatic heterocycles. The zero-order chi connectivity index (χ0) is 9.84. The number of benzene rings is 1. The lowest BCUT2D eigenvalue weighted by Gasteiger charge is -2.06. The van der Waals surface area contributed by atoms with Crippen LogP contribution in [0.1, 0.15) is 13.3 Å². The van der Waals surface area contributed by atoms with Gasteiger partial charge in [-0.05, 0) is 24.3 Å². The molecule has 4 heteroatoms. The van der Waals surface area contributed by atoms with Crippen LogP contribution in [0.5, 0.6) is 0 Å². The molecule has 0 spiro atoms. The van der Waals surface area contributed by atoms with E-state index in [1.165, 1.54) is 11.8 Å². The van der Waals surface area contributed by atoms with Crippen LogP contribution in [0.3, 0.4) is 0 Å². The summed E-state index contributed by atoms with van der Waals surface area (Å²) in [5.74, 6) is 0.499. The summed E-state index contributed by atoms with van der Waals surface area (Å²) < 4.78 is 13.4. The lowest BCUT2D eigenvalue weighted by molar-refractivity contribution is 0.607. The Bertz CT molecular complexity index is 302. The molecule has 0 heterocycles. The maximum absolute atomic E-state index is 13.4. The molecule has 1 aromatic rings. The number of hydrogen-bond donors (Lipinski definition) is 2. The van der Waals surface area contributed by atoms with E-state index in [1.807, 2.05) is 6.92 Å². The summed E-state index contributed by atoms with van der Waals surface area (Å²) in [6.07, 6.45) is 1.01. The van der Waals surface area contributed by atoms with Gasteiger partial charge in [-0.3, -0.25) is 0 Å². The van der Waals surface area contributed by atoms with Gasteiger partial charge in [0, 0.05) is 4.90 Å². The molecular formula is C9H13FN2S. The first-order valence-electron chi connectivity index (χ1n) is 4.13. The Labute approximate surface area is 81.5 Å². The second-order valence-electron chi connectivity index (χ2n) is 2.73. The highest BCUT2D eigenvalue weighted by Crippen LogP contribution is 2.29. The van der Waals surface area contributed by atoms with Gasteiger partial charge in [-0.1, -0.05) is 6.92 Å². The molecule has 0 fully saturated rings. The van der Waals surface area contributed by atoms with E-state index in [4.69, 9.17) is 11.5 Å². The van der Waals surface area contributed by atoms with Crippen molar-refractivity contribution in [3.8, 4) is 0 Å². The summed E-state index contributed by atoms with van der Waals surface area (Å²) in [6.45, 7) is 2.05. The molecule has 0 aliphatic rings. The highest BCUT2D eigenvalue weighted by atomic mass is 32.2. The van der Waals surface area contributed by atoms with Crippen molar-refractivity contribution in [2.24, 2.45) is 0 Å². The van der Waals surface area contributed by atoms with Crippen LogP contribution in [0.25, 0.3) is 0 Å². The molecule has 0 unspecified atom stereocenters. The highest BCUT2D eigenvalue weighted by Gasteiger charge is 2.08. The third-order valence-corrected chi connectivity index (χ3v) is 2.88. The average Bonchev–Trinajstić information content (AvgIpc) is 2.13. The van der Waals surface area contributed by atoms with Crippen LogP contribution in [0, 0.1) is 5.82 Å². The summed E-state index contributed by atoms with van der Waals surface area (Å²) in [7, 11) is 0. The van der Waals surface area contributed by atoms with Gasteiger partial charge in [-0.25, -0.2) is 4.39 Å². The second kappa shape index (κ2) is 4.37. The molecule has 0 saturated carbocycles. The molecule has 72 valence electrons. The maximum Gasteiger partial charge on any atom is 0.161 e. The SMILES string of the molecule is CCCSc1ccc(N)c(N)c1F. The van der Waals surface area contributed by atoms with Crippen molar-refractivity contribution in [3.63, 3.8) is 0 Å². The van der Waals surface area contributed by atoms with Crippen LogP contribution in [-0.2, 0) is 0 Å². The first-order valence-corrected chi connectivity index (χ1v) is 5.11. The van der Waals surface area contributed by atoms with E-state index < -0.39 is 5.82 Å². The van der Waals surface area contributed by atoms with Gasteiger partial charge in [0.1, 0.15) is 0 Å². The van der Waals surface area contributed by atoms with Crippen molar-refractivity contribution in [2.45, 2.75) is 18.2 Å². The minimum Gasteiger partial charge on any atom is -0.397 e. The molecule has 1 rings (SSSR count). The fraction of sp³-hybridized carbons (Fsp3) is 0.333.